The van der Waals surface area contributed by atoms with Gasteiger partial charge >= 0.3 is 5.97 Å². The second-order valence-electron chi connectivity index (χ2n) is 4.14. The molecule has 6 nitrogen and oxygen atoms in total. The summed E-state index contributed by atoms with van der Waals surface area (Å²) < 4.78 is 29.1. The molecule has 2 aromatic rings. The van der Waals surface area contributed by atoms with Gasteiger partial charge in [0, 0.05) is 18.5 Å². The second kappa shape index (κ2) is 5.46. The number of fused-ring (bicyclic) bond motifs is 1. The summed E-state index contributed by atoms with van der Waals surface area (Å²) in [6.45, 7) is 1.01. The van der Waals surface area contributed by atoms with E-state index >= 15 is 0 Å². The van der Waals surface area contributed by atoms with E-state index in [1.54, 1.807) is 12.1 Å². The summed E-state index contributed by atoms with van der Waals surface area (Å²) in [4.78, 5) is 14.7. The number of carbonyl (C=O) groups excluding carboxylic acids is 1. The first-order chi connectivity index (χ1) is 9.42. The van der Waals surface area contributed by atoms with Crippen LogP contribution in [0.2, 0.25) is 0 Å². The molecule has 0 fully saturated rings. The van der Waals surface area contributed by atoms with Gasteiger partial charge in [0.25, 0.3) is 0 Å². The number of carbonyl (C=O) groups is 1. The van der Waals surface area contributed by atoms with Gasteiger partial charge in [-0.25, -0.2) is 8.42 Å². The van der Waals surface area contributed by atoms with Crippen LogP contribution in [-0.4, -0.2) is 36.8 Å². The van der Waals surface area contributed by atoms with Crippen LogP contribution in [0.25, 0.3) is 10.9 Å². The molecular formula is C13H13NO5S. The number of hydrogen-bond acceptors (Lipinski definition) is 6. The standard InChI is InChI=1S/C13H13NO5S/c1-9(15)19-7-8-20(17,18)12-5-4-11(16)13-10(12)3-2-6-14-13/h2-6,16H,7-8H2,1H3. The van der Waals surface area contributed by atoms with Crippen molar-refractivity contribution in [2.24, 2.45) is 0 Å². The lowest BCUT2D eigenvalue weighted by molar-refractivity contribution is -0.140. The van der Waals surface area contributed by atoms with Crippen LogP contribution in [0, 0.1) is 0 Å². The lowest BCUT2D eigenvalue weighted by atomic mass is 10.2. The second-order valence-corrected chi connectivity index (χ2v) is 6.22. The van der Waals surface area contributed by atoms with E-state index in [2.05, 4.69) is 9.72 Å². The molecule has 1 aromatic heterocycles. The van der Waals surface area contributed by atoms with Crippen molar-refractivity contribution in [3.63, 3.8) is 0 Å². The SMILES string of the molecule is CC(=O)OCCS(=O)(=O)c1ccc(O)c2ncccc12. The van der Waals surface area contributed by atoms with E-state index in [1.807, 2.05) is 0 Å². The Labute approximate surface area is 115 Å². The Morgan fingerprint density at radius 3 is 2.80 bits per heavy atom. The van der Waals surface area contributed by atoms with Crippen molar-refractivity contribution in [2.45, 2.75) is 11.8 Å². The summed E-state index contributed by atoms with van der Waals surface area (Å²) in [6, 6.07) is 5.77. The zero-order valence-corrected chi connectivity index (χ0v) is 11.6. The molecule has 7 heteroatoms. The zero-order chi connectivity index (χ0) is 14.8. The van der Waals surface area contributed by atoms with Crippen molar-refractivity contribution < 1.29 is 23.1 Å². The van der Waals surface area contributed by atoms with Gasteiger partial charge in [-0.05, 0) is 24.3 Å². The summed E-state index contributed by atoms with van der Waals surface area (Å²) in [5.74, 6) is -0.932. The molecule has 106 valence electrons. The minimum atomic E-state index is -3.63. The first-order valence-corrected chi connectivity index (χ1v) is 7.50. The maximum Gasteiger partial charge on any atom is 0.302 e. The van der Waals surface area contributed by atoms with Gasteiger partial charge in [0.05, 0.1) is 10.6 Å². The molecule has 0 radical (unpaired) electrons. The fraction of sp³-hybridized carbons (Fsp3) is 0.231. The van der Waals surface area contributed by atoms with E-state index in [0.29, 0.717) is 5.39 Å². The average molecular weight is 295 g/mol. The number of sulfone groups is 1. The van der Waals surface area contributed by atoms with Crippen LogP contribution in [0.3, 0.4) is 0 Å². The number of hydrogen-bond donors (Lipinski definition) is 1. The highest BCUT2D eigenvalue weighted by Crippen LogP contribution is 2.28. The maximum absolute atomic E-state index is 12.2. The van der Waals surface area contributed by atoms with Crippen molar-refractivity contribution >= 4 is 26.7 Å². The third kappa shape index (κ3) is 2.88. The van der Waals surface area contributed by atoms with Crippen LogP contribution >= 0.6 is 0 Å². The number of aromatic nitrogens is 1. The fourth-order valence-corrected chi connectivity index (χ4v) is 3.11. The highest BCUT2D eigenvalue weighted by molar-refractivity contribution is 7.91. The van der Waals surface area contributed by atoms with Crippen LogP contribution in [0.1, 0.15) is 6.92 Å². The van der Waals surface area contributed by atoms with Crippen molar-refractivity contribution in [1.29, 1.82) is 0 Å². The Balaban J connectivity index is 2.42. The molecule has 0 aliphatic rings. The van der Waals surface area contributed by atoms with Crippen molar-refractivity contribution in [1.82, 2.24) is 4.98 Å². The predicted molar refractivity (Wildman–Crippen MR) is 72.1 cm³/mol. The minimum Gasteiger partial charge on any atom is -0.506 e. The summed E-state index contributed by atoms with van der Waals surface area (Å²) in [6.07, 6.45) is 1.47. The van der Waals surface area contributed by atoms with E-state index in [1.165, 1.54) is 25.3 Å². The van der Waals surface area contributed by atoms with Gasteiger partial charge in [-0.1, -0.05) is 0 Å². The lowest BCUT2D eigenvalue weighted by Crippen LogP contribution is -2.14. The largest absolute Gasteiger partial charge is 0.506 e. The summed E-state index contributed by atoms with van der Waals surface area (Å²) in [5.41, 5.74) is 0.223. The number of benzene rings is 1. The smallest absolute Gasteiger partial charge is 0.302 e. The highest BCUT2D eigenvalue weighted by Gasteiger charge is 2.19. The molecule has 0 unspecified atom stereocenters. The molecule has 0 atom stereocenters. The number of pyridine rings is 1. The monoisotopic (exact) mass is 295 g/mol. The first kappa shape index (κ1) is 14.3. The van der Waals surface area contributed by atoms with Crippen LogP contribution in [0.5, 0.6) is 5.75 Å². The maximum atomic E-state index is 12.2. The third-order valence-electron chi connectivity index (χ3n) is 2.70. The summed E-state index contributed by atoms with van der Waals surface area (Å²) in [5, 5.41) is 10.0. The van der Waals surface area contributed by atoms with Crippen molar-refractivity contribution in [3.8, 4) is 5.75 Å². The number of esters is 1. The molecule has 1 aromatic carbocycles. The number of nitrogens with zero attached hydrogens (tertiary/aromatic N) is 1. The van der Waals surface area contributed by atoms with Crippen molar-refractivity contribution in [3.05, 3.63) is 30.5 Å². The number of aromatic hydroxyl groups is 1. The van der Waals surface area contributed by atoms with Gasteiger partial charge in [-0.3, -0.25) is 9.78 Å². The molecule has 0 spiro atoms. The van der Waals surface area contributed by atoms with Gasteiger partial charge in [-0.15, -0.1) is 0 Å². The quantitative estimate of drug-likeness (QED) is 0.854. The van der Waals surface area contributed by atoms with Crippen LogP contribution < -0.4 is 0 Å². The molecule has 1 heterocycles. The Bertz CT molecular complexity index is 754. The van der Waals surface area contributed by atoms with Crippen LogP contribution in [0.4, 0.5) is 0 Å². The van der Waals surface area contributed by atoms with E-state index < -0.39 is 15.8 Å². The molecular weight excluding hydrogens is 282 g/mol. The molecule has 0 saturated carbocycles. The van der Waals surface area contributed by atoms with Crippen LogP contribution in [-0.2, 0) is 19.4 Å². The number of rotatable bonds is 4. The Hall–Kier alpha value is -2.15. The first-order valence-electron chi connectivity index (χ1n) is 5.84. The predicted octanol–water partition coefficient (Wildman–Crippen LogP) is 1.28. The van der Waals surface area contributed by atoms with Gasteiger partial charge in [0.2, 0.25) is 0 Å². The highest BCUT2D eigenvalue weighted by atomic mass is 32.2. The summed E-state index contributed by atoms with van der Waals surface area (Å²) >= 11 is 0. The van der Waals surface area contributed by atoms with Gasteiger partial charge in [0.15, 0.2) is 9.84 Å². The van der Waals surface area contributed by atoms with Gasteiger partial charge < -0.3 is 9.84 Å². The third-order valence-corrected chi connectivity index (χ3v) is 4.43. The molecule has 0 aliphatic carbocycles. The molecule has 20 heavy (non-hydrogen) atoms. The lowest BCUT2D eigenvalue weighted by Gasteiger charge is -2.08. The molecule has 0 bridgehead atoms. The summed E-state index contributed by atoms with van der Waals surface area (Å²) in [7, 11) is -3.63. The number of phenolic OH excluding ortho intramolecular Hbond substituents is 1. The molecule has 0 saturated heterocycles. The van der Waals surface area contributed by atoms with Gasteiger partial charge in [-0.2, -0.15) is 0 Å². The van der Waals surface area contributed by atoms with E-state index in [4.69, 9.17) is 0 Å². The van der Waals surface area contributed by atoms with Gasteiger partial charge in [0.1, 0.15) is 17.9 Å². The topological polar surface area (TPSA) is 93.6 Å². The van der Waals surface area contributed by atoms with E-state index in [9.17, 15) is 18.3 Å². The molecule has 0 amide bonds. The normalized spacial score (nSPS) is 11.4. The Kier molecular flexibility index (Phi) is 3.89. The average Bonchev–Trinajstić information content (AvgIpc) is 2.38. The number of ether oxygens (including phenoxy) is 1. The minimum absolute atomic E-state index is 0.0607. The van der Waals surface area contributed by atoms with Crippen LogP contribution in [0.15, 0.2) is 35.4 Å². The Morgan fingerprint density at radius 2 is 2.10 bits per heavy atom. The van der Waals surface area contributed by atoms with Crippen molar-refractivity contribution in [2.75, 3.05) is 12.4 Å². The molecule has 1 N–H and O–H groups in total. The zero-order valence-electron chi connectivity index (χ0n) is 10.7. The Morgan fingerprint density at radius 1 is 1.35 bits per heavy atom. The number of phenols is 1. The van der Waals surface area contributed by atoms with E-state index in [0.717, 1.165) is 0 Å². The molecule has 0 aliphatic heterocycles. The fourth-order valence-electron chi connectivity index (χ4n) is 1.81. The molecule has 2 rings (SSSR count). The van der Waals surface area contributed by atoms with E-state index in [-0.39, 0.29) is 28.5 Å².